The molecule has 0 aliphatic carbocycles. The predicted molar refractivity (Wildman–Crippen MR) is 135 cm³/mol. The van der Waals surface area contributed by atoms with Crippen molar-refractivity contribution in [3.8, 4) is 5.69 Å². The van der Waals surface area contributed by atoms with E-state index in [-0.39, 0.29) is 23.5 Å². The Morgan fingerprint density at radius 3 is 2.41 bits per heavy atom. The average molecular weight is 559 g/mol. The number of amides is 2. The third kappa shape index (κ3) is 4.76. The van der Waals surface area contributed by atoms with Crippen molar-refractivity contribution in [2.45, 2.75) is 12.2 Å². The number of hydrogen-bond donors (Lipinski definition) is 0. The van der Waals surface area contributed by atoms with Gasteiger partial charge in [0.1, 0.15) is 5.69 Å². The van der Waals surface area contributed by atoms with Crippen molar-refractivity contribution in [1.82, 2.24) is 29.2 Å². The van der Waals surface area contributed by atoms with Crippen LogP contribution in [-0.2, 0) is 6.18 Å². The van der Waals surface area contributed by atoms with Crippen LogP contribution < -0.4 is 0 Å². The fraction of sp³-hybridized carbons (Fsp3) is 0.308. The summed E-state index contributed by atoms with van der Waals surface area (Å²) in [5.41, 5.74) is -0.469. The Balaban J connectivity index is 1.10. The van der Waals surface area contributed by atoms with Crippen molar-refractivity contribution in [3.05, 3.63) is 76.4 Å². The fourth-order valence-corrected chi connectivity index (χ4v) is 5.64. The molecule has 2 amide bonds. The van der Waals surface area contributed by atoms with E-state index in [4.69, 9.17) is 0 Å². The Morgan fingerprint density at radius 2 is 1.72 bits per heavy atom. The maximum absolute atomic E-state index is 14.3. The second-order valence-corrected chi connectivity index (χ2v) is 10.4. The molecule has 2 aliphatic heterocycles. The number of rotatable bonds is 4. The zero-order chi connectivity index (χ0) is 27.3. The molecule has 0 atom stereocenters. The molecule has 5 heterocycles. The highest BCUT2D eigenvalue weighted by atomic mass is 32.1. The molecule has 1 aromatic carbocycles. The lowest BCUT2D eigenvalue weighted by atomic mass is 10.0. The third-order valence-electron chi connectivity index (χ3n) is 7.23. The van der Waals surface area contributed by atoms with Gasteiger partial charge in [-0.25, -0.2) is 9.97 Å². The quantitative estimate of drug-likeness (QED) is 0.281. The number of thiazole rings is 1. The van der Waals surface area contributed by atoms with Crippen molar-refractivity contribution in [1.29, 1.82) is 0 Å². The van der Waals surface area contributed by atoms with Gasteiger partial charge in [0.2, 0.25) is 5.95 Å². The first-order valence-corrected chi connectivity index (χ1v) is 13.1. The lowest BCUT2D eigenvalue weighted by molar-refractivity contribution is -0.137. The first-order valence-electron chi connectivity index (χ1n) is 12.3. The Kier molecular flexibility index (Phi) is 6.34. The Labute approximate surface area is 224 Å². The lowest BCUT2D eigenvalue weighted by Gasteiger charge is -2.48. The van der Waals surface area contributed by atoms with E-state index in [1.807, 2.05) is 0 Å². The number of carbonyl (C=O) groups excluding carboxylic acids is 2. The van der Waals surface area contributed by atoms with Crippen molar-refractivity contribution in [3.63, 3.8) is 0 Å². The van der Waals surface area contributed by atoms with Crippen LogP contribution in [0.15, 0.2) is 54.3 Å². The zero-order valence-corrected chi connectivity index (χ0v) is 21.3. The fourth-order valence-electron chi connectivity index (χ4n) is 5.04. The number of halogens is 4. The monoisotopic (exact) mass is 558 g/mol. The molecule has 0 spiro atoms. The van der Waals surface area contributed by atoms with Crippen LogP contribution in [-0.4, -0.2) is 86.4 Å². The summed E-state index contributed by atoms with van der Waals surface area (Å²) in [5.74, 6) is -1.22. The molecule has 0 N–H and O–H groups in total. The Hall–Kier alpha value is -3.84. The zero-order valence-electron chi connectivity index (χ0n) is 20.4. The highest BCUT2D eigenvalue weighted by Gasteiger charge is 2.37. The van der Waals surface area contributed by atoms with E-state index in [1.165, 1.54) is 22.1 Å². The third-order valence-corrected chi connectivity index (χ3v) is 7.99. The minimum Gasteiger partial charge on any atom is -0.335 e. The highest BCUT2D eigenvalue weighted by molar-refractivity contribution is 7.11. The summed E-state index contributed by atoms with van der Waals surface area (Å²) in [4.78, 5) is 38.8. The summed E-state index contributed by atoms with van der Waals surface area (Å²) in [7, 11) is 0. The van der Waals surface area contributed by atoms with E-state index in [1.54, 1.807) is 45.6 Å². The van der Waals surface area contributed by atoms with Crippen LogP contribution in [0.2, 0.25) is 0 Å². The van der Waals surface area contributed by atoms with Gasteiger partial charge in [-0.2, -0.15) is 17.6 Å². The van der Waals surface area contributed by atoms with Gasteiger partial charge in [0.25, 0.3) is 11.8 Å². The van der Waals surface area contributed by atoms with Crippen LogP contribution in [0.25, 0.3) is 16.6 Å². The number of carbonyl (C=O) groups is 2. The molecule has 202 valence electrons. The molecule has 2 saturated heterocycles. The molecule has 0 saturated carbocycles. The molecular weight excluding hydrogens is 536 g/mol. The summed E-state index contributed by atoms with van der Waals surface area (Å²) < 4.78 is 55.0. The number of piperazine rings is 1. The summed E-state index contributed by atoms with van der Waals surface area (Å²) in [6.07, 6.45) is -1.11. The summed E-state index contributed by atoms with van der Waals surface area (Å²) in [5, 5.41) is 2.87. The maximum atomic E-state index is 14.3. The van der Waals surface area contributed by atoms with Crippen LogP contribution in [0.1, 0.15) is 25.7 Å². The summed E-state index contributed by atoms with van der Waals surface area (Å²) >= 11 is 1.33. The molecule has 8 nitrogen and oxygen atoms in total. The second kappa shape index (κ2) is 9.72. The van der Waals surface area contributed by atoms with Crippen LogP contribution in [0.5, 0.6) is 0 Å². The summed E-state index contributed by atoms with van der Waals surface area (Å²) in [6, 6.07) is 7.40. The lowest BCUT2D eigenvalue weighted by Crippen LogP contribution is -2.64. The molecule has 6 rings (SSSR count). The van der Waals surface area contributed by atoms with Gasteiger partial charge in [0, 0.05) is 80.2 Å². The highest BCUT2D eigenvalue weighted by Crippen LogP contribution is 2.32. The van der Waals surface area contributed by atoms with Gasteiger partial charge < -0.3 is 14.4 Å². The molecule has 4 aromatic rings. The van der Waals surface area contributed by atoms with Crippen LogP contribution >= 0.6 is 11.3 Å². The molecule has 0 unspecified atom stereocenters. The number of benzene rings is 1. The van der Waals surface area contributed by atoms with Gasteiger partial charge in [-0.15, -0.1) is 11.3 Å². The number of nitrogens with zero attached hydrogens (tertiary/aromatic N) is 6. The van der Waals surface area contributed by atoms with E-state index in [0.717, 1.165) is 19.2 Å². The number of likely N-dealkylation sites (tertiary alicyclic amines) is 1. The van der Waals surface area contributed by atoms with Crippen molar-refractivity contribution < 1.29 is 27.2 Å². The number of aromatic nitrogens is 3. The average Bonchev–Trinajstić information content (AvgIpc) is 3.57. The Morgan fingerprint density at radius 1 is 0.949 bits per heavy atom. The van der Waals surface area contributed by atoms with Gasteiger partial charge in [0.15, 0.2) is 5.01 Å². The van der Waals surface area contributed by atoms with E-state index >= 15 is 0 Å². The van der Waals surface area contributed by atoms with E-state index in [0.29, 0.717) is 53.8 Å². The van der Waals surface area contributed by atoms with E-state index in [9.17, 15) is 27.2 Å². The SMILES string of the molecule is O=C(c1ccc2c(ccn2-c2cc(C(F)(F)F)cnc2F)c1)N1CC(N2CCN(C(=O)c3nccs3)CC2)C1. The smallest absolute Gasteiger partial charge is 0.335 e. The van der Waals surface area contributed by atoms with Crippen molar-refractivity contribution in [2.75, 3.05) is 39.3 Å². The standard InChI is InChI=1S/C26H22F4N6O2S/c27-22-21(12-18(13-32-22)26(28,29)30)36-5-3-16-11-17(1-2-20(16)36)24(37)35-14-19(15-35)33-6-8-34(9-7-33)25(38)23-31-4-10-39-23/h1-5,10-13,19H,6-9,14-15H2. The predicted octanol–water partition coefficient (Wildman–Crippen LogP) is 3.92. The topological polar surface area (TPSA) is 74.6 Å². The van der Waals surface area contributed by atoms with Crippen LogP contribution in [0, 0.1) is 5.95 Å². The number of alkyl halides is 3. The first kappa shape index (κ1) is 25.4. The van der Waals surface area contributed by atoms with E-state index in [2.05, 4.69) is 14.9 Å². The molecule has 0 radical (unpaired) electrons. The first-order chi connectivity index (χ1) is 18.7. The Bertz CT molecular complexity index is 1540. The number of hydrogen-bond acceptors (Lipinski definition) is 6. The normalized spacial score (nSPS) is 17.0. The van der Waals surface area contributed by atoms with Gasteiger partial charge in [-0.05, 0) is 30.3 Å². The molecule has 3 aromatic heterocycles. The maximum Gasteiger partial charge on any atom is 0.417 e. The molecule has 13 heteroatoms. The van der Waals surface area contributed by atoms with Gasteiger partial charge in [0.05, 0.1) is 11.1 Å². The van der Waals surface area contributed by atoms with Gasteiger partial charge >= 0.3 is 6.18 Å². The molecular formula is C26H22F4N6O2S. The largest absolute Gasteiger partial charge is 0.417 e. The van der Waals surface area contributed by atoms with Gasteiger partial charge in [-0.3, -0.25) is 14.5 Å². The minimum absolute atomic E-state index is 0.0497. The second-order valence-electron chi connectivity index (χ2n) is 9.52. The molecule has 0 bridgehead atoms. The molecule has 39 heavy (non-hydrogen) atoms. The van der Waals surface area contributed by atoms with Crippen molar-refractivity contribution in [2.24, 2.45) is 0 Å². The van der Waals surface area contributed by atoms with Crippen LogP contribution in [0.4, 0.5) is 17.6 Å². The molecule has 2 fully saturated rings. The summed E-state index contributed by atoms with van der Waals surface area (Å²) in [6.45, 7) is 3.81. The van der Waals surface area contributed by atoms with Crippen molar-refractivity contribution >= 4 is 34.1 Å². The van der Waals surface area contributed by atoms with E-state index < -0.39 is 17.7 Å². The number of pyridine rings is 1. The number of fused-ring (bicyclic) bond motifs is 1. The molecule has 2 aliphatic rings. The van der Waals surface area contributed by atoms with Crippen LogP contribution in [0.3, 0.4) is 0 Å². The van der Waals surface area contributed by atoms with Gasteiger partial charge in [-0.1, -0.05) is 0 Å². The minimum atomic E-state index is -4.65.